The molecule has 2 atom stereocenters. The fraction of sp³-hybridized carbons (Fsp3) is 0.529. The molecule has 0 saturated heterocycles. The molecule has 2 unspecified atom stereocenters. The van der Waals surface area contributed by atoms with Crippen LogP contribution in [0, 0.1) is 5.92 Å². The molecule has 0 spiro atoms. The van der Waals surface area contributed by atoms with Gasteiger partial charge in [-0.1, -0.05) is 32.4 Å². The number of benzene rings is 1. The monoisotopic (exact) mass is 307 g/mol. The third-order valence-corrected chi connectivity index (χ3v) is 3.65. The number of amides is 1. The lowest BCUT2D eigenvalue weighted by Crippen LogP contribution is -2.45. The zero-order chi connectivity index (χ0) is 16.5. The zero-order valence-electron chi connectivity index (χ0n) is 13.5. The van der Waals surface area contributed by atoms with Crippen molar-refractivity contribution in [1.82, 2.24) is 5.32 Å². The quantitative estimate of drug-likeness (QED) is 0.735. The summed E-state index contributed by atoms with van der Waals surface area (Å²) in [6.45, 7) is 6.25. The molecule has 0 aromatic heterocycles. The summed E-state index contributed by atoms with van der Waals surface area (Å²) in [6, 6.07) is 6.76. The molecular formula is C17H25NO4. The predicted molar refractivity (Wildman–Crippen MR) is 85.0 cm³/mol. The van der Waals surface area contributed by atoms with Crippen molar-refractivity contribution in [3.05, 3.63) is 29.8 Å². The molecule has 5 nitrogen and oxygen atoms in total. The van der Waals surface area contributed by atoms with Gasteiger partial charge in [0.2, 0.25) is 5.91 Å². The van der Waals surface area contributed by atoms with Crippen molar-refractivity contribution >= 4 is 11.9 Å². The average Bonchev–Trinajstić information content (AvgIpc) is 2.50. The summed E-state index contributed by atoms with van der Waals surface area (Å²) in [5, 5.41) is 11.8. The fourth-order valence-corrected chi connectivity index (χ4v) is 2.14. The van der Waals surface area contributed by atoms with Crippen LogP contribution in [0.4, 0.5) is 0 Å². The summed E-state index contributed by atoms with van der Waals surface area (Å²) >= 11 is 0. The van der Waals surface area contributed by atoms with Gasteiger partial charge < -0.3 is 15.2 Å². The molecule has 1 rings (SSSR count). The molecule has 0 aliphatic carbocycles. The highest BCUT2D eigenvalue weighted by Gasteiger charge is 2.24. The van der Waals surface area contributed by atoms with E-state index < -0.39 is 12.0 Å². The Kier molecular flexibility index (Phi) is 7.43. The standard InChI is InChI=1S/C17H25NO4/c1-4-12(3)16(17(20)21)18-15(19)10-9-13-7-6-8-14(11-13)22-5-2/h6-8,11-12,16H,4-5,9-10H2,1-3H3,(H,18,19)(H,20,21). The topological polar surface area (TPSA) is 75.6 Å². The first-order valence-electron chi connectivity index (χ1n) is 7.71. The third kappa shape index (κ3) is 5.76. The molecule has 1 aromatic carbocycles. The smallest absolute Gasteiger partial charge is 0.326 e. The van der Waals surface area contributed by atoms with Crippen molar-refractivity contribution in [1.29, 1.82) is 0 Å². The van der Waals surface area contributed by atoms with Crippen LogP contribution in [-0.2, 0) is 16.0 Å². The number of aryl methyl sites for hydroxylation is 1. The number of ether oxygens (including phenoxy) is 1. The Hall–Kier alpha value is -2.04. The first-order chi connectivity index (χ1) is 10.5. The molecule has 0 radical (unpaired) electrons. The summed E-state index contributed by atoms with van der Waals surface area (Å²) in [7, 11) is 0. The van der Waals surface area contributed by atoms with Gasteiger partial charge in [-0.3, -0.25) is 4.79 Å². The largest absolute Gasteiger partial charge is 0.494 e. The van der Waals surface area contributed by atoms with E-state index in [2.05, 4.69) is 5.32 Å². The van der Waals surface area contributed by atoms with Crippen LogP contribution in [0.1, 0.15) is 39.2 Å². The Morgan fingerprint density at radius 3 is 2.64 bits per heavy atom. The van der Waals surface area contributed by atoms with E-state index in [0.29, 0.717) is 19.4 Å². The van der Waals surface area contributed by atoms with E-state index in [4.69, 9.17) is 4.74 Å². The van der Waals surface area contributed by atoms with E-state index >= 15 is 0 Å². The highest BCUT2D eigenvalue weighted by atomic mass is 16.5. The van der Waals surface area contributed by atoms with Gasteiger partial charge in [0.15, 0.2) is 0 Å². The van der Waals surface area contributed by atoms with Crippen molar-refractivity contribution < 1.29 is 19.4 Å². The molecule has 0 aliphatic rings. The molecule has 2 N–H and O–H groups in total. The number of carboxylic acid groups (broad SMARTS) is 1. The van der Waals surface area contributed by atoms with E-state index in [1.54, 1.807) is 0 Å². The highest BCUT2D eigenvalue weighted by molar-refractivity contribution is 5.83. The van der Waals surface area contributed by atoms with Crippen molar-refractivity contribution in [3.8, 4) is 5.75 Å². The molecule has 1 amide bonds. The molecule has 22 heavy (non-hydrogen) atoms. The van der Waals surface area contributed by atoms with Gasteiger partial charge in [-0.2, -0.15) is 0 Å². The Balaban J connectivity index is 2.54. The van der Waals surface area contributed by atoms with Gasteiger partial charge >= 0.3 is 5.97 Å². The average molecular weight is 307 g/mol. The molecule has 0 bridgehead atoms. The van der Waals surface area contributed by atoms with Crippen LogP contribution in [0.2, 0.25) is 0 Å². The molecule has 0 heterocycles. The van der Waals surface area contributed by atoms with Crippen LogP contribution in [0.15, 0.2) is 24.3 Å². The number of hydrogen-bond acceptors (Lipinski definition) is 3. The van der Waals surface area contributed by atoms with E-state index in [-0.39, 0.29) is 18.2 Å². The minimum absolute atomic E-state index is 0.0947. The molecular weight excluding hydrogens is 282 g/mol. The summed E-state index contributed by atoms with van der Waals surface area (Å²) < 4.78 is 5.42. The normalized spacial score (nSPS) is 13.2. The van der Waals surface area contributed by atoms with Crippen molar-refractivity contribution in [2.45, 2.75) is 46.1 Å². The van der Waals surface area contributed by atoms with Crippen molar-refractivity contribution in [3.63, 3.8) is 0 Å². The second-order valence-corrected chi connectivity index (χ2v) is 5.35. The second kappa shape index (κ2) is 9.07. The SMILES string of the molecule is CCOc1cccc(CCC(=O)NC(C(=O)O)C(C)CC)c1. The fourth-order valence-electron chi connectivity index (χ4n) is 2.14. The molecule has 0 aliphatic heterocycles. The second-order valence-electron chi connectivity index (χ2n) is 5.35. The zero-order valence-corrected chi connectivity index (χ0v) is 13.5. The van der Waals surface area contributed by atoms with Gasteiger partial charge in [0.25, 0.3) is 0 Å². The predicted octanol–water partition coefficient (Wildman–Crippen LogP) is 2.63. The molecule has 5 heteroatoms. The number of hydrogen-bond donors (Lipinski definition) is 2. The van der Waals surface area contributed by atoms with Crippen molar-refractivity contribution in [2.24, 2.45) is 5.92 Å². The third-order valence-electron chi connectivity index (χ3n) is 3.65. The summed E-state index contributed by atoms with van der Waals surface area (Å²) in [6.07, 6.45) is 1.52. The van der Waals surface area contributed by atoms with E-state index in [1.807, 2.05) is 45.0 Å². The lowest BCUT2D eigenvalue weighted by Gasteiger charge is -2.20. The number of carbonyl (C=O) groups excluding carboxylic acids is 1. The summed E-state index contributed by atoms with van der Waals surface area (Å²) in [5.74, 6) is -0.540. The lowest BCUT2D eigenvalue weighted by atomic mass is 9.99. The Morgan fingerprint density at radius 1 is 1.32 bits per heavy atom. The Bertz CT molecular complexity index is 501. The van der Waals surface area contributed by atoms with Gasteiger partial charge in [-0.05, 0) is 37.0 Å². The number of aliphatic carboxylic acids is 1. The van der Waals surface area contributed by atoms with Crippen LogP contribution in [-0.4, -0.2) is 29.6 Å². The van der Waals surface area contributed by atoms with Crippen LogP contribution < -0.4 is 10.1 Å². The number of carbonyl (C=O) groups is 2. The maximum absolute atomic E-state index is 12.0. The van der Waals surface area contributed by atoms with Crippen LogP contribution in [0.25, 0.3) is 0 Å². The molecule has 0 saturated carbocycles. The molecule has 122 valence electrons. The highest BCUT2D eigenvalue weighted by Crippen LogP contribution is 2.15. The number of carboxylic acids is 1. The maximum Gasteiger partial charge on any atom is 0.326 e. The Morgan fingerprint density at radius 2 is 2.05 bits per heavy atom. The summed E-state index contributed by atoms with van der Waals surface area (Å²) in [4.78, 5) is 23.2. The first-order valence-corrected chi connectivity index (χ1v) is 7.71. The summed E-state index contributed by atoms with van der Waals surface area (Å²) in [5.41, 5.74) is 0.997. The Labute approximate surface area is 131 Å². The first kappa shape index (κ1) is 18.0. The van der Waals surface area contributed by atoms with E-state index in [9.17, 15) is 14.7 Å². The van der Waals surface area contributed by atoms with Crippen LogP contribution in [0.3, 0.4) is 0 Å². The van der Waals surface area contributed by atoms with Gasteiger partial charge in [0.05, 0.1) is 6.61 Å². The van der Waals surface area contributed by atoms with Crippen molar-refractivity contribution in [2.75, 3.05) is 6.61 Å². The van der Waals surface area contributed by atoms with Gasteiger partial charge in [0.1, 0.15) is 11.8 Å². The molecule has 1 aromatic rings. The number of nitrogens with one attached hydrogen (secondary N) is 1. The van der Waals surface area contributed by atoms with Crippen LogP contribution in [0.5, 0.6) is 5.75 Å². The van der Waals surface area contributed by atoms with Gasteiger partial charge in [0, 0.05) is 6.42 Å². The lowest BCUT2D eigenvalue weighted by molar-refractivity contribution is -0.143. The van der Waals surface area contributed by atoms with E-state index in [1.165, 1.54) is 0 Å². The maximum atomic E-state index is 12.0. The van der Waals surface area contributed by atoms with Gasteiger partial charge in [-0.25, -0.2) is 4.79 Å². The van der Waals surface area contributed by atoms with Crippen LogP contribution >= 0.6 is 0 Å². The minimum atomic E-state index is -0.985. The van der Waals surface area contributed by atoms with E-state index in [0.717, 1.165) is 11.3 Å². The minimum Gasteiger partial charge on any atom is -0.494 e. The number of rotatable bonds is 9. The van der Waals surface area contributed by atoms with Gasteiger partial charge in [-0.15, -0.1) is 0 Å². The molecule has 0 fully saturated rings.